The fourth-order valence-electron chi connectivity index (χ4n) is 1.72. The van der Waals surface area contributed by atoms with Gasteiger partial charge in [0.1, 0.15) is 0 Å². The molecule has 1 aliphatic rings. The highest BCUT2D eigenvalue weighted by molar-refractivity contribution is 5.94. The maximum Gasteiger partial charge on any atom is 0.253 e. The van der Waals surface area contributed by atoms with E-state index in [-0.39, 0.29) is 36.8 Å². The molecule has 1 aromatic rings. The molecule has 102 valence electrons. The van der Waals surface area contributed by atoms with E-state index in [1.165, 1.54) is 12.8 Å². The Hall–Kier alpha value is -0.840. The van der Waals surface area contributed by atoms with E-state index in [1.807, 2.05) is 13.0 Å². The lowest BCUT2D eigenvalue weighted by atomic mass is 10.1. The first-order chi connectivity index (χ1) is 7.70. The number of nitrogens with one attached hydrogen (secondary N) is 1. The maximum absolute atomic E-state index is 11.9. The van der Waals surface area contributed by atoms with Crippen LogP contribution in [-0.2, 0) is 0 Å². The van der Waals surface area contributed by atoms with Gasteiger partial charge in [-0.1, -0.05) is 0 Å². The topological polar surface area (TPSA) is 68.0 Å². The molecule has 1 heterocycles. The molecule has 1 fully saturated rings. The fraction of sp³-hybridized carbons (Fsp3) is 0.500. The van der Waals surface area contributed by atoms with Crippen molar-refractivity contribution >= 4 is 30.7 Å². The zero-order chi connectivity index (χ0) is 11.5. The number of nitrogens with zero attached hydrogens (tertiary/aromatic N) is 1. The molecule has 1 unspecified atom stereocenters. The predicted molar refractivity (Wildman–Crippen MR) is 76.5 cm³/mol. The minimum atomic E-state index is -0.0742. The van der Waals surface area contributed by atoms with Gasteiger partial charge in [0.25, 0.3) is 5.91 Å². The molecule has 6 heteroatoms. The van der Waals surface area contributed by atoms with Crippen LogP contribution in [0.2, 0.25) is 0 Å². The molecule has 0 bridgehead atoms. The first-order valence-electron chi connectivity index (χ1n) is 5.64. The highest BCUT2D eigenvalue weighted by Gasteiger charge is 2.31. The smallest absolute Gasteiger partial charge is 0.253 e. The molecule has 3 N–H and O–H groups in total. The summed E-state index contributed by atoms with van der Waals surface area (Å²) in [6, 6.07) is 3.75. The summed E-state index contributed by atoms with van der Waals surface area (Å²) in [5.74, 6) is 0.502. The Balaban J connectivity index is 0.00000144. The molecule has 0 aliphatic heterocycles. The number of halogens is 2. The zero-order valence-corrected chi connectivity index (χ0v) is 11.9. The average molecular weight is 292 g/mol. The normalized spacial score (nSPS) is 15.0. The highest BCUT2D eigenvalue weighted by atomic mass is 35.5. The van der Waals surface area contributed by atoms with E-state index >= 15 is 0 Å². The van der Waals surface area contributed by atoms with Crippen LogP contribution < -0.4 is 11.1 Å². The van der Waals surface area contributed by atoms with Gasteiger partial charge in [0.05, 0.1) is 5.56 Å². The Morgan fingerprint density at radius 1 is 1.50 bits per heavy atom. The summed E-state index contributed by atoms with van der Waals surface area (Å²) >= 11 is 0. The molecule has 1 amide bonds. The molecule has 1 saturated carbocycles. The van der Waals surface area contributed by atoms with E-state index in [0.29, 0.717) is 18.0 Å². The first kappa shape index (κ1) is 17.2. The van der Waals surface area contributed by atoms with Crippen LogP contribution in [0.3, 0.4) is 0 Å². The number of pyridine rings is 1. The van der Waals surface area contributed by atoms with Crippen LogP contribution in [0.4, 0.5) is 0 Å². The van der Waals surface area contributed by atoms with Crippen molar-refractivity contribution in [3.8, 4) is 0 Å². The lowest BCUT2D eigenvalue weighted by Crippen LogP contribution is -2.41. The number of hydrogen-bond acceptors (Lipinski definition) is 3. The lowest BCUT2D eigenvalue weighted by molar-refractivity contribution is 0.0933. The van der Waals surface area contributed by atoms with Gasteiger partial charge in [-0.3, -0.25) is 9.78 Å². The minimum absolute atomic E-state index is 0. The van der Waals surface area contributed by atoms with Crippen LogP contribution in [0, 0.1) is 12.8 Å². The number of rotatable bonds is 4. The van der Waals surface area contributed by atoms with Crippen LogP contribution in [-0.4, -0.2) is 23.5 Å². The maximum atomic E-state index is 11.9. The summed E-state index contributed by atoms with van der Waals surface area (Å²) in [5.41, 5.74) is 7.15. The van der Waals surface area contributed by atoms with Crippen molar-refractivity contribution in [3.05, 3.63) is 29.6 Å². The zero-order valence-electron chi connectivity index (χ0n) is 10.3. The van der Waals surface area contributed by atoms with E-state index in [0.717, 1.165) is 5.69 Å². The summed E-state index contributed by atoms with van der Waals surface area (Å²) in [7, 11) is 0. The summed E-state index contributed by atoms with van der Waals surface area (Å²) in [6.45, 7) is 2.41. The number of aryl methyl sites for hydroxylation is 1. The SMILES string of the molecule is Cc1ccc(C(=O)NC(CN)C2CC2)cn1.Cl.Cl. The van der Waals surface area contributed by atoms with Gasteiger partial charge in [-0.15, -0.1) is 24.8 Å². The van der Waals surface area contributed by atoms with Crippen molar-refractivity contribution in [1.29, 1.82) is 0 Å². The molecule has 0 radical (unpaired) electrons. The number of hydrogen-bond donors (Lipinski definition) is 2. The second-order valence-electron chi connectivity index (χ2n) is 4.34. The monoisotopic (exact) mass is 291 g/mol. The van der Waals surface area contributed by atoms with E-state index in [2.05, 4.69) is 10.3 Å². The second kappa shape index (κ2) is 7.56. The Morgan fingerprint density at radius 3 is 2.61 bits per heavy atom. The van der Waals surface area contributed by atoms with E-state index in [9.17, 15) is 4.79 Å². The standard InChI is InChI=1S/C12H17N3O.2ClH/c1-8-2-3-10(7-14-8)12(16)15-11(6-13)9-4-5-9;;/h2-3,7,9,11H,4-6,13H2,1H3,(H,15,16);2*1H. The van der Waals surface area contributed by atoms with Crippen LogP contribution >= 0.6 is 24.8 Å². The van der Waals surface area contributed by atoms with Gasteiger partial charge in [0.2, 0.25) is 0 Å². The third-order valence-electron chi connectivity index (χ3n) is 2.94. The molecule has 4 nitrogen and oxygen atoms in total. The van der Waals surface area contributed by atoms with Gasteiger partial charge >= 0.3 is 0 Å². The number of carbonyl (C=O) groups excluding carboxylic acids is 1. The molecular formula is C12H19Cl2N3O. The summed E-state index contributed by atoms with van der Waals surface area (Å²) in [4.78, 5) is 16.0. The number of nitrogens with two attached hydrogens (primary N) is 1. The number of amides is 1. The molecular weight excluding hydrogens is 273 g/mol. The van der Waals surface area contributed by atoms with Crippen LogP contribution in [0.1, 0.15) is 28.9 Å². The van der Waals surface area contributed by atoms with Gasteiger partial charge in [-0.05, 0) is 37.8 Å². The fourth-order valence-corrected chi connectivity index (χ4v) is 1.72. The van der Waals surface area contributed by atoms with Crippen molar-refractivity contribution in [1.82, 2.24) is 10.3 Å². The first-order valence-corrected chi connectivity index (χ1v) is 5.64. The molecule has 1 aliphatic carbocycles. The quantitative estimate of drug-likeness (QED) is 0.887. The van der Waals surface area contributed by atoms with Crippen molar-refractivity contribution in [2.45, 2.75) is 25.8 Å². The molecule has 0 saturated heterocycles. The minimum Gasteiger partial charge on any atom is -0.348 e. The van der Waals surface area contributed by atoms with Crippen molar-refractivity contribution in [2.75, 3.05) is 6.54 Å². The van der Waals surface area contributed by atoms with Crippen molar-refractivity contribution < 1.29 is 4.79 Å². The third kappa shape index (κ3) is 4.44. The molecule has 1 atom stereocenters. The second-order valence-corrected chi connectivity index (χ2v) is 4.34. The Morgan fingerprint density at radius 2 is 2.17 bits per heavy atom. The Kier molecular flexibility index (Phi) is 7.21. The van der Waals surface area contributed by atoms with E-state index in [4.69, 9.17) is 5.73 Å². The summed E-state index contributed by atoms with van der Waals surface area (Å²) in [5, 5.41) is 2.96. The van der Waals surface area contributed by atoms with Gasteiger partial charge in [-0.2, -0.15) is 0 Å². The Labute approximate surface area is 120 Å². The molecule has 0 aromatic carbocycles. The largest absolute Gasteiger partial charge is 0.348 e. The molecule has 18 heavy (non-hydrogen) atoms. The van der Waals surface area contributed by atoms with Gasteiger partial charge in [0.15, 0.2) is 0 Å². The lowest BCUT2D eigenvalue weighted by Gasteiger charge is -2.15. The van der Waals surface area contributed by atoms with Gasteiger partial charge in [0, 0.05) is 24.5 Å². The molecule has 0 spiro atoms. The molecule has 2 rings (SSSR count). The van der Waals surface area contributed by atoms with Crippen LogP contribution in [0.25, 0.3) is 0 Å². The van der Waals surface area contributed by atoms with E-state index < -0.39 is 0 Å². The van der Waals surface area contributed by atoms with Crippen molar-refractivity contribution in [2.24, 2.45) is 11.7 Å². The number of aromatic nitrogens is 1. The van der Waals surface area contributed by atoms with Crippen LogP contribution in [0.5, 0.6) is 0 Å². The third-order valence-corrected chi connectivity index (χ3v) is 2.94. The van der Waals surface area contributed by atoms with Crippen molar-refractivity contribution in [3.63, 3.8) is 0 Å². The Bertz CT molecular complexity index is 379. The van der Waals surface area contributed by atoms with Gasteiger partial charge < -0.3 is 11.1 Å². The highest BCUT2D eigenvalue weighted by Crippen LogP contribution is 2.32. The van der Waals surface area contributed by atoms with Gasteiger partial charge in [-0.25, -0.2) is 0 Å². The average Bonchev–Trinajstić information content (AvgIpc) is 3.10. The summed E-state index contributed by atoms with van der Waals surface area (Å²) in [6.07, 6.45) is 3.95. The predicted octanol–water partition coefficient (Wildman–Crippen LogP) is 1.70. The number of carbonyl (C=O) groups is 1. The van der Waals surface area contributed by atoms with E-state index in [1.54, 1.807) is 12.3 Å². The summed E-state index contributed by atoms with van der Waals surface area (Å²) < 4.78 is 0. The molecule has 1 aromatic heterocycles. The van der Waals surface area contributed by atoms with Crippen LogP contribution in [0.15, 0.2) is 18.3 Å².